The number of benzene rings is 4. The number of nitrogens with zero attached hydrogens (tertiary/aromatic N) is 2. The largest absolute Gasteiger partial charge is 0.354 e. The fourth-order valence-electron chi connectivity index (χ4n) is 7.41. The van der Waals surface area contributed by atoms with Crippen molar-refractivity contribution in [3.63, 3.8) is 0 Å². The molecule has 0 spiro atoms. The van der Waals surface area contributed by atoms with Crippen LogP contribution in [0.3, 0.4) is 0 Å². The molecule has 0 saturated heterocycles. The molecule has 0 aliphatic carbocycles. The smallest absolute Gasteiger partial charge is 0.159 e. The summed E-state index contributed by atoms with van der Waals surface area (Å²) in [5, 5.41) is 0. The van der Waals surface area contributed by atoms with Crippen LogP contribution in [0.5, 0.6) is 0 Å². The summed E-state index contributed by atoms with van der Waals surface area (Å²) in [6, 6.07) is 48.0. The van der Waals surface area contributed by atoms with E-state index in [0.717, 1.165) is 102 Å². The van der Waals surface area contributed by atoms with Gasteiger partial charge in [-0.2, -0.15) is 0 Å². The van der Waals surface area contributed by atoms with Gasteiger partial charge >= 0.3 is 0 Å². The summed E-state index contributed by atoms with van der Waals surface area (Å²) in [7, 11) is 0. The zero-order chi connectivity index (χ0) is 34.3. The Kier molecular flexibility index (Phi) is 7.59. The second kappa shape index (κ2) is 12.7. The van der Waals surface area contributed by atoms with E-state index in [-0.39, 0.29) is 5.78 Å². The molecular weight excluding hydrogens is 625 g/mol. The van der Waals surface area contributed by atoms with Crippen LogP contribution < -0.4 is 0 Å². The van der Waals surface area contributed by atoms with Gasteiger partial charge < -0.3 is 9.97 Å². The Morgan fingerprint density at radius 3 is 1.24 bits per heavy atom. The predicted molar refractivity (Wildman–Crippen MR) is 209 cm³/mol. The lowest BCUT2D eigenvalue weighted by atomic mass is 10.0. The number of hydrogen-bond acceptors (Lipinski definition) is 3. The van der Waals surface area contributed by atoms with Crippen molar-refractivity contribution in [1.29, 1.82) is 0 Å². The molecule has 2 aliphatic rings. The van der Waals surface area contributed by atoms with E-state index in [1.807, 2.05) is 36.4 Å². The maximum atomic E-state index is 12.2. The molecule has 9 rings (SSSR count). The Labute approximate surface area is 296 Å². The van der Waals surface area contributed by atoms with E-state index in [0.29, 0.717) is 5.56 Å². The second-order valence-corrected chi connectivity index (χ2v) is 13.0. The highest BCUT2D eigenvalue weighted by Gasteiger charge is 2.21. The number of aromatic nitrogens is 4. The summed E-state index contributed by atoms with van der Waals surface area (Å²) in [5.74, 6) is 0.0381. The summed E-state index contributed by atoms with van der Waals surface area (Å²) >= 11 is 0. The van der Waals surface area contributed by atoms with Crippen LogP contribution in [-0.2, 0) is 12.8 Å². The first-order chi connectivity index (χ1) is 25.1. The Hall–Kier alpha value is -6.59. The quantitative estimate of drug-likeness (QED) is 0.181. The zero-order valence-electron chi connectivity index (χ0n) is 28.2. The molecule has 0 atom stereocenters. The first-order valence-corrected chi connectivity index (χ1v) is 17.3. The molecule has 8 bridgehead atoms. The van der Waals surface area contributed by atoms with Gasteiger partial charge in [-0.15, -0.1) is 0 Å². The van der Waals surface area contributed by atoms with Gasteiger partial charge in [0.1, 0.15) is 0 Å². The standard InChI is InChI=1S/C46H34N4O/c1-29(51)30-17-19-34(20-18-30)46-41-27-25-39(49-41)44(32-13-7-3-8-14-32)37-23-21-35(47-37)43(31-11-5-2-6-12-31)36-22-24-38(48-36)45(33-15-9-4-10-16-33)40-26-28-42(46)50-40/h2-21,23,25-28,47,50H,22,24H2,1H3. The van der Waals surface area contributed by atoms with Gasteiger partial charge in [-0.25, -0.2) is 4.98 Å². The van der Waals surface area contributed by atoms with Crippen LogP contribution in [-0.4, -0.2) is 25.7 Å². The van der Waals surface area contributed by atoms with Crippen molar-refractivity contribution < 1.29 is 4.79 Å². The van der Waals surface area contributed by atoms with Gasteiger partial charge in [0.05, 0.1) is 22.8 Å². The predicted octanol–water partition coefficient (Wildman–Crippen LogP) is 11.1. The molecule has 0 amide bonds. The molecule has 7 aromatic rings. The van der Waals surface area contributed by atoms with E-state index < -0.39 is 0 Å². The number of nitrogens with one attached hydrogen (secondary N) is 2. The summed E-state index contributed by atoms with van der Waals surface area (Å²) < 4.78 is 0. The molecule has 5 nitrogen and oxygen atoms in total. The molecular formula is C46H34N4O. The van der Waals surface area contributed by atoms with Gasteiger partial charge in [0, 0.05) is 49.9 Å². The van der Waals surface area contributed by atoms with E-state index in [2.05, 4.69) is 125 Å². The summed E-state index contributed by atoms with van der Waals surface area (Å²) in [6.45, 7) is 1.60. The third kappa shape index (κ3) is 5.59. The summed E-state index contributed by atoms with van der Waals surface area (Å²) in [4.78, 5) is 30.6. The second-order valence-electron chi connectivity index (χ2n) is 13.0. The van der Waals surface area contributed by atoms with Crippen molar-refractivity contribution in [3.05, 3.63) is 168 Å². The molecule has 0 fully saturated rings. The van der Waals surface area contributed by atoms with Gasteiger partial charge in [-0.1, -0.05) is 115 Å². The normalized spacial score (nSPS) is 12.3. The zero-order valence-corrected chi connectivity index (χ0v) is 28.2. The number of ketones is 1. The van der Waals surface area contributed by atoms with E-state index in [4.69, 9.17) is 9.97 Å². The van der Waals surface area contributed by atoms with Crippen molar-refractivity contribution in [1.82, 2.24) is 19.9 Å². The Bertz CT molecular complexity index is 2630. The lowest BCUT2D eigenvalue weighted by Gasteiger charge is -2.07. The number of hydrogen-bond donors (Lipinski definition) is 2. The number of Topliss-reactive ketones (excluding diaryl/α,β-unsaturated/α-hetero) is 1. The number of fused-ring (bicyclic) bond motifs is 8. The number of aryl methyl sites for hydroxylation is 2. The molecule has 2 N–H and O–H groups in total. The van der Waals surface area contributed by atoms with Crippen molar-refractivity contribution >= 4 is 40.0 Å². The first-order valence-electron chi connectivity index (χ1n) is 17.3. The van der Waals surface area contributed by atoms with E-state index in [1.165, 1.54) is 0 Å². The minimum absolute atomic E-state index is 0.0381. The summed E-state index contributed by atoms with van der Waals surface area (Å²) in [5.41, 5.74) is 16.9. The van der Waals surface area contributed by atoms with Crippen LogP contribution in [0.4, 0.5) is 0 Å². The maximum absolute atomic E-state index is 12.2. The fraction of sp³-hybridized carbons (Fsp3) is 0.0652. The van der Waals surface area contributed by atoms with E-state index in [1.54, 1.807) is 6.92 Å². The highest BCUT2D eigenvalue weighted by molar-refractivity contribution is 5.98. The van der Waals surface area contributed by atoms with Crippen molar-refractivity contribution in [2.24, 2.45) is 0 Å². The number of rotatable bonds is 5. The average molecular weight is 659 g/mol. The Morgan fingerprint density at radius 1 is 0.451 bits per heavy atom. The highest BCUT2D eigenvalue weighted by Crippen LogP contribution is 2.38. The third-order valence-corrected chi connectivity index (χ3v) is 9.81. The number of aromatic amines is 2. The molecule has 5 heteroatoms. The van der Waals surface area contributed by atoms with Crippen LogP contribution in [0.2, 0.25) is 0 Å². The highest BCUT2D eigenvalue weighted by atomic mass is 16.1. The summed E-state index contributed by atoms with van der Waals surface area (Å²) in [6.07, 6.45) is 5.84. The van der Waals surface area contributed by atoms with Crippen LogP contribution in [0.15, 0.2) is 140 Å². The van der Waals surface area contributed by atoms with E-state index >= 15 is 0 Å². The molecule has 0 saturated carbocycles. The first kappa shape index (κ1) is 30.5. The molecule has 3 aromatic heterocycles. The van der Waals surface area contributed by atoms with Crippen molar-refractivity contribution in [3.8, 4) is 44.5 Å². The minimum atomic E-state index is 0.0381. The van der Waals surface area contributed by atoms with Crippen LogP contribution in [0.25, 0.3) is 78.7 Å². The Morgan fingerprint density at radius 2 is 0.824 bits per heavy atom. The fourth-order valence-corrected chi connectivity index (χ4v) is 7.41. The minimum Gasteiger partial charge on any atom is -0.354 e. The molecule has 0 unspecified atom stereocenters. The van der Waals surface area contributed by atoms with Crippen LogP contribution in [0.1, 0.15) is 40.1 Å². The van der Waals surface area contributed by atoms with Crippen molar-refractivity contribution in [2.45, 2.75) is 19.8 Å². The van der Waals surface area contributed by atoms with Gasteiger partial charge in [-0.3, -0.25) is 9.78 Å². The number of carbonyl (C=O) groups is 1. The maximum Gasteiger partial charge on any atom is 0.159 e. The van der Waals surface area contributed by atoms with Gasteiger partial charge in [0.25, 0.3) is 0 Å². The van der Waals surface area contributed by atoms with Gasteiger partial charge in [0.15, 0.2) is 5.78 Å². The SMILES string of the molecule is CC(=O)c1ccc(-c2c3nc(c(-c4ccccc4)c4ccc([nH]4)c(-c4ccccc4)c4nc(c(-c5ccccc5)c5ccc2[nH]5)CC4)C=C3)cc1. The van der Waals surface area contributed by atoms with E-state index in [9.17, 15) is 4.79 Å². The monoisotopic (exact) mass is 658 g/mol. The van der Waals surface area contributed by atoms with Gasteiger partial charge in [-0.05, 0) is 78.4 Å². The molecule has 244 valence electrons. The molecule has 4 aromatic carbocycles. The lowest BCUT2D eigenvalue weighted by Crippen LogP contribution is -1.92. The van der Waals surface area contributed by atoms with Crippen LogP contribution >= 0.6 is 0 Å². The van der Waals surface area contributed by atoms with Gasteiger partial charge in [0.2, 0.25) is 0 Å². The topological polar surface area (TPSA) is 74.4 Å². The third-order valence-electron chi connectivity index (χ3n) is 9.81. The molecule has 5 heterocycles. The molecule has 2 aliphatic heterocycles. The Balaban J connectivity index is 1.46. The van der Waals surface area contributed by atoms with Crippen LogP contribution in [0, 0.1) is 0 Å². The number of carbonyl (C=O) groups excluding carboxylic acids is 1. The molecule has 51 heavy (non-hydrogen) atoms. The van der Waals surface area contributed by atoms with Crippen molar-refractivity contribution in [2.75, 3.05) is 0 Å². The average Bonchev–Trinajstić information content (AvgIpc) is 4.01. The number of H-pyrrole nitrogens is 2. The molecule has 0 radical (unpaired) electrons. The lowest BCUT2D eigenvalue weighted by molar-refractivity contribution is 0.101.